The van der Waals surface area contributed by atoms with Gasteiger partial charge in [0.25, 0.3) is 0 Å². The Balaban J connectivity index is 1.30. The molecular weight excluding hydrogens is 346 g/mol. The summed E-state index contributed by atoms with van der Waals surface area (Å²) in [5.41, 5.74) is 3.59. The number of carbonyl (C=O) groups excluding carboxylic acids is 1. The highest BCUT2D eigenvalue weighted by atomic mass is 32.1. The molecule has 1 saturated carbocycles. The van der Waals surface area contributed by atoms with E-state index in [0.717, 1.165) is 48.4 Å². The maximum atomic E-state index is 12.6. The minimum atomic E-state index is -0.0311. The number of carbonyl (C=O) groups is 1. The number of rotatable bonds is 4. The van der Waals surface area contributed by atoms with Gasteiger partial charge >= 0.3 is 0 Å². The first-order valence-corrected chi connectivity index (χ1v) is 9.78. The van der Waals surface area contributed by atoms with Gasteiger partial charge in [0.2, 0.25) is 11.0 Å². The van der Waals surface area contributed by atoms with Gasteiger partial charge in [-0.3, -0.25) is 9.89 Å². The molecule has 26 heavy (non-hydrogen) atoms. The first kappa shape index (κ1) is 15.7. The molecule has 7 heteroatoms. The lowest BCUT2D eigenvalue weighted by Gasteiger charge is -2.20. The minimum Gasteiger partial charge on any atom is -0.300 e. The average Bonchev–Trinajstić information content (AvgIpc) is 3.12. The fourth-order valence-electron chi connectivity index (χ4n) is 3.82. The minimum absolute atomic E-state index is 0.00155. The predicted molar refractivity (Wildman–Crippen MR) is 99.1 cm³/mol. The van der Waals surface area contributed by atoms with Gasteiger partial charge in [-0.15, -0.1) is 10.2 Å². The van der Waals surface area contributed by atoms with Gasteiger partial charge in [-0.1, -0.05) is 41.7 Å². The molecule has 2 aromatic heterocycles. The van der Waals surface area contributed by atoms with Gasteiger partial charge in [0.15, 0.2) is 0 Å². The van der Waals surface area contributed by atoms with Crippen LogP contribution in [0.15, 0.2) is 36.5 Å². The van der Waals surface area contributed by atoms with E-state index in [0.29, 0.717) is 5.13 Å². The van der Waals surface area contributed by atoms with Gasteiger partial charge in [0, 0.05) is 17.0 Å². The topological polar surface area (TPSA) is 83.6 Å². The Kier molecular flexibility index (Phi) is 3.63. The standard InChI is InChI=1S/C19H19N5OS/c25-16(12-6-7-15-13(10-12)11-20-22-15)21-18-24-23-17(26-18)19(8-9-19)14-4-2-1-3-5-14/h1-5,11-12H,6-10H2,(H,20,22)(H,21,24,25). The zero-order valence-corrected chi connectivity index (χ0v) is 15.1. The fourth-order valence-corrected chi connectivity index (χ4v) is 4.84. The summed E-state index contributed by atoms with van der Waals surface area (Å²) in [5.74, 6) is 0.000525. The molecule has 0 saturated heterocycles. The van der Waals surface area contributed by atoms with E-state index < -0.39 is 0 Å². The van der Waals surface area contributed by atoms with E-state index in [4.69, 9.17) is 0 Å². The molecule has 1 aromatic carbocycles. The number of aromatic nitrogens is 4. The van der Waals surface area contributed by atoms with E-state index in [-0.39, 0.29) is 17.2 Å². The maximum Gasteiger partial charge on any atom is 0.229 e. The third kappa shape index (κ3) is 2.63. The zero-order valence-electron chi connectivity index (χ0n) is 14.2. The van der Waals surface area contributed by atoms with Crippen molar-refractivity contribution in [3.63, 3.8) is 0 Å². The molecule has 0 bridgehead atoms. The van der Waals surface area contributed by atoms with Crippen LogP contribution in [-0.2, 0) is 23.1 Å². The number of fused-ring (bicyclic) bond motifs is 1. The normalized spacial score (nSPS) is 20.4. The lowest BCUT2D eigenvalue weighted by Crippen LogP contribution is -2.27. The molecule has 5 rings (SSSR count). The molecule has 132 valence electrons. The zero-order chi connectivity index (χ0) is 17.6. The van der Waals surface area contributed by atoms with E-state index in [2.05, 4.69) is 50.0 Å². The van der Waals surface area contributed by atoms with Crippen molar-refractivity contribution in [3.8, 4) is 0 Å². The first-order valence-electron chi connectivity index (χ1n) is 8.96. The Morgan fingerprint density at radius 1 is 1.23 bits per heavy atom. The highest BCUT2D eigenvalue weighted by Gasteiger charge is 2.49. The van der Waals surface area contributed by atoms with Gasteiger partial charge in [-0.2, -0.15) is 5.10 Å². The quantitative estimate of drug-likeness (QED) is 0.744. The van der Waals surface area contributed by atoms with Crippen molar-refractivity contribution >= 4 is 22.4 Å². The molecular formula is C19H19N5OS. The van der Waals surface area contributed by atoms with Crippen molar-refractivity contribution in [2.24, 2.45) is 5.92 Å². The summed E-state index contributed by atoms with van der Waals surface area (Å²) in [6.07, 6.45) is 6.44. The Hall–Kier alpha value is -2.54. The van der Waals surface area contributed by atoms with E-state index in [9.17, 15) is 4.79 Å². The fraction of sp³-hybridized carbons (Fsp3) is 0.368. The number of aryl methyl sites for hydroxylation is 1. The maximum absolute atomic E-state index is 12.6. The molecule has 0 spiro atoms. The van der Waals surface area contributed by atoms with Crippen LogP contribution in [0.25, 0.3) is 0 Å². The second-order valence-electron chi connectivity index (χ2n) is 7.16. The van der Waals surface area contributed by atoms with Crippen molar-refractivity contribution in [1.29, 1.82) is 0 Å². The van der Waals surface area contributed by atoms with E-state index >= 15 is 0 Å². The molecule has 2 aliphatic rings. The first-order chi connectivity index (χ1) is 12.7. The van der Waals surface area contributed by atoms with Crippen molar-refractivity contribution in [1.82, 2.24) is 20.4 Å². The van der Waals surface area contributed by atoms with Crippen LogP contribution in [0.4, 0.5) is 5.13 Å². The van der Waals surface area contributed by atoms with Crippen molar-refractivity contribution < 1.29 is 4.79 Å². The molecule has 2 heterocycles. The molecule has 3 aromatic rings. The van der Waals surface area contributed by atoms with Gasteiger partial charge in [-0.05, 0) is 43.2 Å². The number of amides is 1. The Bertz CT molecular complexity index is 944. The summed E-state index contributed by atoms with van der Waals surface area (Å²) in [5, 5.41) is 20.3. The number of hydrogen-bond donors (Lipinski definition) is 2. The molecule has 1 fully saturated rings. The summed E-state index contributed by atoms with van der Waals surface area (Å²) < 4.78 is 0. The van der Waals surface area contributed by atoms with Crippen LogP contribution in [0.2, 0.25) is 0 Å². The number of nitrogens with zero attached hydrogens (tertiary/aromatic N) is 3. The number of H-pyrrole nitrogens is 1. The Labute approximate surface area is 155 Å². The largest absolute Gasteiger partial charge is 0.300 e. The summed E-state index contributed by atoms with van der Waals surface area (Å²) in [4.78, 5) is 12.6. The smallest absolute Gasteiger partial charge is 0.229 e. The molecule has 1 unspecified atom stereocenters. The molecule has 0 aliphatic heterocycles. The number of aromatic amines is 1. The third-order valence-electron chi connectivity index (χ3n) is 5.53. The van der Waals surface area contributed by atoms with Crippen molar-refractivity contribution in [3.05, 3.63) is 58.4 Å². The van der Waals surface area contributed by atoms with Crippen molar-refractivity contribution in [2.75, 3.05) is 5.32 Å². The van der Waals surface area contributed by atoms with Crippen LogP contribution in [0.5, 0.6) is 0 Å². The van der Waals surface area contributed by atoms with Gasteiger partial charge < -0.3 is 5.32 Å². The highest BCUT2D eigenvalue weighted by Crippen LogP contribution is 2.54. The SMILES string of the molecule is O=C(Nc1nnc(C2(c3ccccc3)CC2)s1)C1CCc2[nH]ncc2C1. The summed E-state index contributed by atoms with van der Waals surface area (Å²) >= 11 is 1.50. The van der Waals surface area contributed by atoms with Crippen LogP contribution in [0.3, 0.4) is 0 Å². The van der Waals surface area contributed by atoms with Gasteiger partial charge in [0.05, 0.1) is 6.20 Å². The van der Waals surface area contributed by atoms with Crippen LogP contribution in [-0.4, -0.2) is 26.3 Å². The van der Waals surface area contributed by atoms with Crippen LogP contribution in [0.1, 0.15) is 41.1 Å². The Morgan fingerprint density at radius 2 is 2.08 bits per heavy atom. The van der Waals surface area contributed by atoms with E-state index in [1.807, 2.05) is 12.3 Å². The van der Waals surface area contributed by atoms with Crippen LogP contribution in [0, 0.1) is 5.92 Å². The monoisotopic (exact) mass is 365 g/mol. The molecule has 2 aliphatic carbocycles. The van der Waals surface area contributed by atoms with Crippen LogP contribution >= 0.6 is 11.3 Å². The second-order valence-corrected chi connectivity index (χ2v) is 8.14. The molecule has 1 atom stereocenters. The van der Waals surface area contributed by atoms with E-state index in [1.165, 1.54) is 16.9 Å². The predicted octanol–water partition coefficient (Wildman–Crippen LogP) is 3.08. The number of hydrogen-bond acceptors (Lipinski definition) is 5. The van der Waals surface area contributed by atoms with Crippen molar-refractivity contribution in [2.45, 2.75) is 37.5 Å². The lowest BCUT2D eigenvalue weighted by atomic mass is 9.87. The molecule has 6 nitrogen and oxygen atoms in total. The average molecular weight is 365 g/mol. The summed E-state index contributed by atoms with van der Waals surface area (Å²) in [6, 6.07) is 10.5. The third-order valence-corrected chi connectivity index (χ3v) is 6.57. The molecule has 2 N–H and O–H groups in total. The lowest BCUT2D eigenvalue weighted by molar-refractivity contribution is -0.120. The molecule has 1 amide bonds. The Morgan fingerprint density at radius 3 is 2.88 bits per heavy atom. The van der Waals surface area contributed by atoms with E-state index in [1.54, 1.807) is 0 Å². The van der Waals surface area contributed by atoms with Crippen LogP contribution < -0.4 is 5.32 Å². The summed E-state index contributed by atoms with van der Waals surface area (Å²) in [7, 11) is 0. The number of benzene rings is 1. The summed E-state index contributed by atoms with van der Waals surface area (Å²) in [6.45, 7) is 0. The number of anilines is 1. The second kappa shape index (κ2) is 6.02. The number of nitrogens with one attached hydrogen (secondary N) is 2. The molecule has 0 radical (unpaired) electrons. The van der Waals surface area contributed by atoms with Gasteiger partial charge in [0.1, 0.15) is 5.01 Å². The van der Waals surface area contributed by atoms with Gasteiger partial charge in [-0.25, -0.2) is 0 Å². The highest BCUT2D eigenvalue weighted by molar-refractivity contribution is 7.15.